The second-order valence-corrected chi connectivity index (χ2v) is 7.37. The van der Waals surface area contributed by atoms with Crippen LogP contribution < -0.4 is 5.32 Å². The predicted octanol–water partition coefficient (Wildman–Crippen LogP) is 4.72. The van der Waals surface area contributed by atoms with Crippen molar-refractivity contribution in [3.63, 3.8) is 0 Å². The molecule has 1 N–H and O–H groups in total. The number of hydrogen-bond donors (Lipinski definition) is 1. The van der Waals surface area contributed by atoms with Gasteiger partial charge < -0.3 is 5.32 Å². The van der Waals surface area contributed by atoms with Crippen LogP contribution in [0.4, 0.5) is 5.69 Å². The number of thiocarbonyl (C=S) groups is 1. The molecule has 1 fully saturated rings. The average Bonchev–Trinajstić information content (AvgIpc) is 2.82. The van der Waals surface area contributed by atoms with Crippen molar-refractivity contribution in [3.05, 3.63) is 69.5 Å². The molecule has 1 aliphatic heterocycles. The van der Waals surface area contributed by atoms with Gasteiger partial charge in [0.2, 0.25) is 0 Å². The van der Waals surface area contributed by atoms with Crippen LogP contribution in [0.1, 0.15) is 5.56 Å². The van der Waals surface area contributed by atoms with E-state index < -0.39 is 0 Å². The van der Waals surface area contributed by atoms with Gasteiger partial charge in [0.25, 0.3) is 5.91 Å². The van der Waals surface area contributed by atoms with E-state index in [4.69, 9.17) is 12.2 Å². The number of para-hydroxylation sites is 1. The molecule has 0 radical (unpaired) electrons. The van der Waals surface area contributed by atoms with Gasteiger partial charge in [-0.3, -0.25) is 9.69 Å². The molecule has 0 aromatic heterocycles. The van der Waals surface area contributed by atoms with E-state index in [0.717, 1.165) is 15.7 Å². The van der Waals surface area contributed by atoms with E-state index in [0.29, 0.717) is 15.9 Å². The maximum Gasteiger partial charge on any atom is 0.267 e. The first-order chi connectivity index (χ1) is 11.1. The van der Waals surface area contributed by atoms with Crippen LogP contribution in [0, 0.1) is 0 Å². The number of anilines is 1. The summed E-state index contributed by atoms with van der Waals surface area (Å²) in [5, 5.41) is 3.23. The molecule has 0 atom stereocenters. The minimum absolute atomic E-state index is 0.0663. The number of halogens is 1. The monoisotopic (exact) mass is 404 g/mol. The lowest BCUT2D eigenvalue weighted by Gasteiger charge is -2.16. The van der Waals surface area contributed by atoms with E-state index in [1.807, 2.05) is 60.7 Å². The highest BCUT2D eigenvalue weighted by atomic mass is 79.9. The Bertz CT molecular complexity index is 777. The maximum absolute atomic E-state index is 12.5. The van der Waals surface area contributed by atoms with Crippen molar-refractivity contribution in [2.45, 2.75) is 0 Å². The molecule has 2 aromatic rings. The second-order valence-electron chi connectivity index (χ2n) is 4.84. The summed E-state index contributed by atoms with van der Waals surface area (Å²) < 4.78 is 1.52. The van der Waals surface area contributed by atoms with E-state index in [-0.39, 0.29) is 5.91 Å². The highest BCUT2D eigenvalue weighted by molar-refractivity contribution is 9.10. The van der Waals surface area contributed by atoms with Crippen molar-refractivity contribution < 1.29 is 4.79 Å². The van der Waals surface area contributed by atoms with E-state index in [1.54, 1.807) is 4.90 Å². The number of thioether (sulfide) groups is 1. The normalized spacial score (nSPS) is 16.2. The molecule has 0 unspecified atom stereocenters. The highest BCUT2D eigenvalue weighted by Crippen LogP contribution is 2.32. The lowest BCUT2D eigenvalue weighted by Crippen LogP contribution is -2.33. The van der Waals surface area contributed by atoms with Crippen LogP contribution in [0.2, 0.25) is 0 Å². The number of hydrogen-bond acceptors (Lipinski definition) is 4. The number of nitrogens with zero attached hydrogens (tertiary/aromatic N) is 1. The second kappa shape index (κ2) is 7.29. The van der Waals surface area contributed by atoms with Crippen LogP contribution >= 0.6 is 39.9 Å². The number of carbonyl (C=O) groups is 1. The van der Waals surface area contributed by atoms with Crippen molar-refractivity contribution in [1.82, 2.24) is 4.90 Å². The van der Waals surface area contributed by atoms with Gasteiger partial charge >= 0.3 is 0 Å². The number of carbonyl (C=O) groups excluding carboxylic acids is 1. The molecule has 0 spiro atoms. The summed E-state index contributed by atoms with van der Waals surface area (Å²) in [6, 6.07) is 17.5. The van der Waals surface area contributed by atoms with Crippen LogP contribution in [0.5, 0.6) is 0 Å². The Balaban J connectivity index is 1.72. The van der Waals surface area contributed by atoms with Gasteiger partial charge in [0.1, 0.15) is 4.32 Å². The molecular weight excluding hydrogens is 392 g/mol. The predicted molar refractivity (Wildman–Crippen MR) is 104 cm³/mol. The molecule has 23 heavy (non-hydrogen) atoms. The minimum atomic E-state index is -0.0663. The lowest BCUT2D eigenvalue weighted by molar-refractivity contribution is -0.121. The molecule has 2 aromatic carbocycles. The van der Waals surface area contributed by atoms with E-state index >= 15 is 0 Å². The topological polar surface area (TPSA) is 32.3 Å². The van der Waals surface area contributed by atoms with Gasteiger partial charge in [-0.15, -0.1) is 0 Å². The third-order valence-corrected chi connectivity index (χ3v) is 5.34. The number of nitrogens with one attached hydrogen (secondary N) is 1. The van der Waals surface area contributed by atoms with Crippen molar-refractivity contribution >= 4 is 61.9 Å². The molecule has 0 bridgehead atoms. The fraction of sp³-hybridized carbons (Fsp3) is 0.0588. The zero-order valence-corrected chi connectivity index (χ0v) is 15.2. The number of benzene rings is 2. The Morgan fingerprint density at radius 1 is 1.13 bits per heavy atom. The molecule has 3 rings (SSSR count). The van der Waals surface area contributed by atoms with Gasteiger partial charge in [0.15, 0.2) is 0 Å². The Labute approximate surface area is 152 Å². The summed E-state index contributed by atoms with van der Waals surface area (Å²) in [6.07, 6.45) is 1.87. The first kappa shape index (κ1) is 16.2. The zero-order valence-electron chi connectivity index (χ0n) is 12.0. The molecule has 0 aliphatic carbocycles. The Hall–Kier alpha value is -1.63. The highest BCUT2D eigenvalue weighted by Gasteiger charge is 2.31. The molecule has 0 saturated carbocycles. The van der Waals surface area contributed by atoms with Gasteiger partial charge in [0.05, 0.1) is 11.6 Å². The molecule has 3 nitrogen and oxygen atoms in total. The fourth-order valence-corrected chi connectivity index (χ4v) is 3.79. The van der Waals surface area contributed by atoms with Crippen molar-refractivity contribution in [2.75, 3.05) is 12.0 Å². The van der Waals surface area contributed by atoms with E-state index in [9.17, 15) is 4.79 Å². The van der Waals surface area contributed by atoms with Crippen LogP contribution in [-0.2, 0) is 4.79 Å². The number of rotatable bonds is 4. The molecule has 1 heterocycles. The third kappa shape index (κ3) is 3.83. The fourth-order valence-electron chi connectivity index (χ4n) is 2.11. The summed E-state index contributed by atoms with van der Waals surface area (Å²) in [4.78, 5) is 14.7. The van der Waals surface area contributed by atoms with Crippen LogP contribution in [0.3, 0.4) is 0 Å². The Morgan fingerprint density at radius 3 is 2.57 bits per heavy atom. The lowest BCUT2D eigenvalue weighted by atomic mass is 10.2. The largest absolute Gasteiger partial charge is 0.366 e. The van der Waals surface area contributed by atoms with Gasteiger partial charge in [-0.25, -0.2) is 0 Å². The standard InChI is InChI=1S/C17H13BrN2OS2/c18-13-8-4-5-9-14(13)19-11-20-16(21)15(23-17(20)22)10-12-6-2-1-3-7-12/h1-10,19H,11H2. The zero-order chi connectivity index (χ0) is 16.2. The first-order valence-electron chi connectivity index (χ1n) is 6.94. The summed E-state index contributed by atoms with van der Waals surface area (Å²) in [6.45, 7) is 0.347. The Kier molecular flexibility index (Phi) is 5.15. The van der Waals surface area contributed by atoms with Gasteiger partial charge in [-0.2, -0.15) is 0 Å². The van der Waals surface area contributed by atoms with Crippen LogP contribution in [0.15, 0.2) is 64.0 Å². The van der Waals surface area contributed by atoms with Gasteiger partial charge in [0, 0.05) is 10.2 Å². The maximum atomic E-state index is 12.5. The third-order valence-electron chi connectivity index (χ3n) is 3.27. The van der Waals surface area contributed by atoms with E-state index in [2.05, 4.69) is 21.2 Å². The molecule has 1 saturated heterocycles. The summed E-state index contributed by atoms with van der Waals surface area (Å²) in [5.74, 6) is -0.0663. The van der Waals surface area contributed by atoms with Gasteiger partial charge in [-0.1, -0.05) is 66.4 Å². The van der Waals surface area contributed by atoms with Crippen molar-refractivity contribution in [2.24, 2.45) is 0 Å². The molecule has 1 aliphatic rings. The molecular formula is C17H13BrN2OS2. The average molecular weight is 405 g/mol. The SMILES string of the molecule is O=C1C(=Cc2ccccc2)SC(=S)N1CNc1ccccc1Br. The first-order valence-corrected chi connectivity index (χ1v) is 8.96. The van der Waals surface area contributed by atoms with Crippen molar-refractivity contribution in [1.29, 1.82) is 0 Å². The van der Waals surface area contributed by atoms with Crippen LogP contribution in [-0.4, -0.2) is 21.8 Å². The smallest absolute Gasteiger partial charge is 0.267 e. The minimum Gasteiger partial charge on any atom is -0.366 e. The molecule has 6 heteroatoms. The van der Waals surface area contributed by atoms with Crippen LogP contribution in [0.25, 0.3) is 6.08 Å². The molecule has 1 amide bonds. The van der Waals surface area contributed by atoms with E-state index in [1.165, 1.54) is 11.8 Å². The van der Waals surface area contributed by atoms with Crippen molar-refractivity contribution in [3.8, 4) is 0 Å². The quantitative estimate of drug-likeness (QED) is 0.590. The summed E-state index contributed by atoms with van der Waals surface area (Å²) in [5.41, 5.74) is 1.92. The molecule has 116 valence electrons. The number of amides is 1. The Morgan fingerprint density at radius 2 is 1.83 bits per heavy atom. The van der Waals surface area contributed by atoms with Gasteiger partial charge in [-0.05, 0) is 39.7 Å². The summed E-state index contributed by atoms with van der Waals surface area (Å²) in [7, 11) is 0. The summed E-state index contributed by atoms with van der Waals surface area (Å²) >= 11 is 10.1.